The van der Waals surface area contributed by atoms with Gasteiger partial charge in [-0.25, -0.2) is 4.79 Å². The third-order valence-corrected chi connectivity index (χ3v) is 11.4. The second kappa shape index (κ2) is 13.4. The fourth-order valence-electron chi connectivity index (χ4n) is 7.40. The number of halogens is 4. The Morgan fingerprint density at radius 3 is 2.36 bits per heavy atom. The van der Waals surface area contributed by atoms with Gasteiger partial charge in [0.05, 0.1) is 25.7 Å². The molecule has 0 saturated carbocycles. The van der Waals surface area contributed by atoms with E-state index in [9.17, 15) is 9.90 Å². The molecule has 4 nitrogen and oxygen atoms in total. The van der Waals surface area contributed by atoms with Gasteiger partial charge in [0, 0.05) is 51.8 Å². The zero-order valence-corrected chi connectivity index (χ0v) is 29.0. The van der Waals surface area contributed by atoms with Gasteiger partial charge in [-0.2, -0.15) is 0 Å². The lowest BCUT2D eigenvalue weighted by Gasteiger charge is -2.36. The Morgan fingerprint density at radius 2 is 1.62 bits per heavy atom. The van der Waals surface area contributed by atoms with E-state index in [1.54, 1.807) is 0 Å². The molecule has 3 heterocycles. The highest BCUT2D eigenvalue weighted by atomic mass is 35.5. The maximum Gasteiger partial charge on any atom is 0.337 e. The quantitative estimate of drug-likeness (QED) is 0.108. The summed E-state index contributed by atoms with van der Waals surface area (Å²) in [4.78, 5) is 15.5. The average molecular weight is 688 g/mol. The Balaban J connectivity index is 1.81. The molecule has 0 radical (unpaired) electrons. The topological polar surface area (TPSA) is 49.8 Å². The number of ether oxygens (including phenoxy) is 1. The third kappa shape index (κ3) is 5.64. The molecule has 0 unspecified atom stereocenters. The lowest BCUT2D eigenvalue weighted by Crippen LogP contribution is -2.32. The van der Waals surface area contributed by atoms with Crippen LogP contribution in [0.25, 0.3) is 12.2 Å². The molecule has 6 rings (SSSR count). The molecule has 0 spiro atoms. The second-order valence-electron chi connectivity index (χ2n) is 12.5. The largest absolute Gasteiger partial charge is 0.478 e. The van der Waals surface area contributed by atoms with Crippen molar-refractivity contribution in [2.45, 2.75) is 90.9 Å². The van der Waals surface area contributed by atoms with Crippen LogP contribution in [0.2, 0.25) is 20.1 Å². The summed E-state index contributed by atoms with van der Waals surface area (Å²) in [6.07, 6.45) is 12.0. The van der Waals surface area contributed by atoms with Crippen molar-refractivity contribution in [2.75, 3.05) is 18.0 Å². The number of benzene rings is 3. The maximum absolute atomic E-state index is 13.0. The number of unbranched alkanes of at least 4 members (excludes halogenated alkanes) is 3. The fraction of sp³-hybridized carbons (Fsp3) is 0.432. The van der Waals surface area contributed by atoms with Crippen LogP contribution in [-0.4, -0.2) is 24.2 Å². The van der Waals surface area contributed by atoms with E-state index in [0.717, 1.165) is 129 Å². The smallest absolute Gasteiger partial charge is 0.337 e. The van der Waals surface area contributed by atoms with E-state index in [4.69, 9.17) is 51.1 Å². The maximum atomic E-state index is 13.0. The molecule has 0 aromatic heterocycles. The number of rotatable bonds is 9. The van der Waals surface area contributed by atoms with Crippen molar-refractivity contribution in [1.29, 1.82) is 0 Å². The molecule has 0 fully saturated rings. The summed E-state index contributed by atoms with van der Waals surface area (Å²) < 4.78 is 7.08. The zero-order valence-electron chi connectivity index (χ0n) is 26.0. The van der Waals surface area contributed by atoms with E-state index < -0.39 is 5.97 Å². The van der Waals surface area contributed by atoms with Crippen molar-refractivity contribution < 1.29 is 14.6 Å². The van der Waals surface area contributed by atoms with Crippen molar-refractivity contribution in [3.8, 4) is 11.5 Å². The molecule has 0 aliphatic carbocycles. The van der Waals surface area contributed by atoms with Gasteiger partial charge in [-0.05, 0) is 86.3 Å². The van der Waals surface area contributed by atoms with Gasteiger partial charge in [-0.1, -0.05) is 86.1 Å². The summed E-state index contributed by atoms with van der Waals surface area (Å²) in [5.74, 6) is 0.281. The molecular weight excluding hydrogens is 648 g/mol. The summed E-state index contributed by atoms with van der Waals surface area (Å²) in [5.41, 5.74) is 7.55. The minimum atomic E-state index is -1.22. The monoisotopic (exact) mass is 685 g/mol. The van der Waals surface area contributed by atoms with Crippen LogP contribution in [-0.2, 0) is 25.7 Å². The van der Waals surface area contributed by atoms with Gasteiger partial charge in [-0.15, -0.1) is 0 Å². The van der Waals surface area contributed by atoms with Crippen molar-refractivity contribution in [2.24, 2.45) is 0 Å². The van der Waals surface area contributed by atoms with Crippen LogP contribution in [0.15, 0.2) is 12.1 Å². The molecule has 3 aromatic carbocycles. The zero-order chi connectivity index (χ0) is 32.0. The molecule has 3 aliphatic heterocycles. The summed E-state index contributed by atoms with van der Waals surface area (Å²) in [6.45, 7) is 11.0. The molecule has 0 amide bonds. The van der Waals surface area contributed by atoms with Gasteiger partial charge >= 0.3 is 5.97 Å². The lowest BCUT2D eigenvalue weighted by atomic mass is 9.83. The summed E-state index contributed by atoms with van der Waals surface area (Å²) in [7, 11) is 0. The first-order valence-corrected chi connectivity index (χ1v) is 17.8. The molecule has 0 bridgehead atoms. The van der Waals surface area contributed by atoms with Crippen LogP contribution in [0, 0.1) is 0 Å². The standard InChI is InChI=1S/C37H39Cl4NO3/c1-4-6-8-12-21-18-25-27(28-29(37(43)44)31(39)33(41)32(40)30(28)38)26-19-22-13-9-10-16-42-17-11-15-24(34(22)42)36(26)45-35(25)23(20(21)3)14-7-5-2/h18-19H,3-17H2,1-2H3,(H,43,44). The first-order valence-electron chi connectivity index (χ1n) is 16.3. The number of hydrogen-bond donors (Lipinski definition) is 1. The van der Waals surface area contributed by atoms with Crippen molar-refractivity contribution in [3.05, 3.63) is 81.6 Å². The van der Waals surface area contributed by atoms with E-state index in [-0.39, 0.29) is 31.2 Å². The van der Waals surface area contributed by atoms with Crippen molar-refractivity contribution >= 4 is 70.2 Å². The predicted molar refractivity (Wildman–Crippen MR) is 188 cm³/mol. The lowest BCUT2D eigenvalue weighted by molar-refractivity contribution is 0.0696. The first kappa shape index (κ1) is 32.6. The predicted octanol–water partition coefficient (Wildman–Crippen LogP) is 9.93. The molecule has 45 heavy (non-hydrogen) atoms. The van der Waals surface area contributed by atoms with E-state index in [1.807, 2.05) is 0 Å². The van der Waals surface area contributed by atoms with Gasteiger partial charge in [-0.3, -0.25) is 0 Å². The highest BCUT2D eigenvalue weighted by Gasteiger charge is 2.36. The van der Waals surface area contributed by atoms with E-state index in [2.05, 4.69) is 37.5 Å². The summed E-state index contributed by atoms with van der Waals surface area (Å²) >= 11 is 26.9. The minimum absolute atomic E-state index is 0.0378. The molecule has 238 valence electrons. The van der Waals surface area contributed by atoms with Crippen molar-refractivity contribution in [3.63, 3.8) is 0 Å². The van der Waals surface area contributed by atoms with E-state index in [0.29, 0.717) is 5.57 Å². The van der Waals surface area contributed by atoms with E-state index in [1.165, 1.54) is 16.8 Å². The van der Waals surface area contributed by atoms with Crippen molar-refractivity contribution in [1.82, 2.24) is 0 Å². The SMILES string of the molecule is C=c1c(CCCCC)cc2c(c1CCCC)Oc1c(cc3c4c1CCCN4CCCC3)C=2c1c(Cl)c(Cl)c(Cl)c(Cl)c1C(=O)O. The molecular formula is C37H39Cl4NO3. The second-order valence-corrected chi connectivity index (χ2v) is 14.0. The average Bonchev–Trinajstić information content (AvgIpc) is 3.24. The third-order valence-electron chi connectivity index (χ3n) is 9.62. The Hall–Kier alpha value is -2.37. The molecule has 0 atom stereocenters. The van der Waals surface area contributed by atoms with Gasteiger partial charge < -0.3 is 14.7 Å². The van der Waals surface area contributed by atoms with E-state index >= 15 is 0 Å². The Bertz CT molecular complexity index is 1820. The number of carbonyl (C=O) groups is 1. The first-order chi connectivity index (χ1) is 21.7. The molecule has 3 aromatic rings. The number of aromatic carboxylic acids is 1. The Labute approximate surface area is 285 Å². The number of carboxylic acid groups (broad SMARTS) is 1. The van der Waals surface area contributed by atoms with Gasteiger partial charge in [0.2, 0.25) is 0 Å². The van der Waals surface area contributed by atoms with Crippen LogP contribution in [0.4, 0.5) is 5.69 Å². The molecule has 3 aliphatic rings. The highest BCUT2D eigenvalue weighted by Crippen LogP contribution is 2.51. The van der Waals surface area contributed by atoms with Crippen LogP contribution < -0.4 is 20.1 Å². The number of aryl methyl sites for hydroxylation is 2. The number of carboxylic acids is 1. The van der Waals surface area contributed by atoms with Crippen LogP contribution >= 0.6 is 46.4 Å². The summed E-state index contributed by atoms with van der Waals surface area (Å²) in [6, 6.07) is 4.35. The highest BCUT2D eigenvalue weighted by molar-refractivity contribution is 6.53. The number of nitrogens with zero attached hydrogens (tertiary/aromatic N) is 1. The molecule has 0 saturated heterocycles. The van der Waals surface area contributed by atoms with Crippen LogP contribution in [0.1, 0.15) is 109 Å². The fourth-order valence-corrected chi connectivity index (χ4v) is 8.43. The molecule has 1 N–H and O–H groups in total. The number of fused-ring (bicyclic) bond motifs is 3. The van der Waals surface area contributed by atoms with Crippen LogP contribution in [0.5, 0.6) is 11.5 Å². The number of hydrogen-bond acceptors (Lipinski definition) is 3. The Kier molecular flexibility index (Phi) is 9.69. The normalized spacial score (nSPS) is 15.2. The minimum Gasteiger partial charge on any atom is -0.478 e. The number of anilines is 1. The van der Waals surface area contributed by atoms with Gasteiger partial charge in [0.15, 0.2) is 0 Å². The van der Waals surface area contributed by atoms with Gasteiger partial charge in [0.25, 0.3) is 0 Å². The van der Waals surface area contributed by atoms with Gasteiger partial charge in [0.1, 0.15) is 11.5 Å². The summed E-state index contributed by atoms with van der Waals surface area (Å²) in [5, 5.41) is 12.3. The Morgan fingerprint density at radius 1 is 0.889 bits per heavy atom. The van der Waals surface area contributed by atoms with Crippen LogP contribution in [0.3, 0.4) is 0 Å². The molecule has 8 heteroatoms.